The molecule has 17 heavy (non-hydrogen) atoms. The van der Waals surface area contributed by atoms with Gasteiger partial charge >= 0.3 is 0 Å². The van der Waals surface area contributed by atoms with Gasteiger partial charge < -0.3 is 4.90 Å². The monoisotopic (exact) mass is 232 g/mol. The number of likely N-dealkylation sites (tertiary alicyclic amines) is 1. The minimum atomic E-state index is 0.133. The van der Waals surface area contributed by atoms with Crippen molar-refractivity contribution in [2.24, 2.45) is 5.92 Å². The Bertz CT molecular complexity index is 397. The van der Waals surface area contributed by atoms with E-state index in [0.717, 1.165) is 25.1 Å². The minimum Gasteiger partial charge on any atom is -0.335 e. The van der Waals surface area contributed by atoms with Crippen molar-refractivity contribution in [2.45, 2.75) is 39.7 Å². The van der Waals surface area contributed by atoms with Crippen LogP contribution in [-0.4, -0.2) is 28.4 Å². The third-order valence-electron chi connectivity index (χ3n) is 3.49. The molecule has 0 saturated carbocycles. The average Bonchev–Trinajstić information content (AvgIpc) is 2.78. The molecule has 0 bridgehead atoms. The highest BCUT2D eigenvalue weighted by molar-refractivity contribution is 5.94. The number of carbonyl (C=O) groups excluding carboxylic acids is 1. The standard InChI is InChI=1S/C14H20N2O/c1-10(2)13-5-4-8-16(13)14(17)12-7-6-11(3)15-9-12/h6-7,9-10,13H,4-5,8H2,1-3H3. The molecule has 1 aromatic rings. The second-order valence-electron chi connectivity index (χ2n) is 5.14. The molecule has 0 spiro atoms. The quantitative estimate of drug-likeness (QED) is 0.785. The molecule has 2 rings (SSSR count). The van der Waals surface area contributed by atoms with Crippen LogP contribution in [0.3, 0.4) is 0 Å². The van der Waals surface area contributed by atoms with Gasteiger partial charge in [-0.15, -0.1) is 0 Å². The number of carbonyl (C=O) groups is 1. The van der Waals surface area contributed by atoms with Gasteiger partial charge in [0.05, 0.1) is 5.56 Å². The van der Waals surface area contributed by atoms with Gasteiger partial charge in [-0.05, 0) is 37.8 Å². The van der Waals surface area contributed by atoms with Crippen LogP contribution in [0.1, 0.15) is 42.7 Å². The third-order valence-corrected chi connectivity index (χ3v) is 3.49. The summed E-state index contributed by atoms with van der Waals surface area (Å²) in [5.74, 6) is 0.661. The van der Waals surface area contributed by atoms with E-state index >= 15 is 0 Å². The summed E-state index contributed by atoms with van der Waals surface area (Å²) in [5, 5.41) is 0. The lowest BCUT2D eigenvalue weighted by Gasteiger charge is -2.27. The Hall–Kier alpha value is -1.38. The molecule has 1 amide bonds. The summed E-state index contributed by atoms with van der Waals surface area (Å²) in [6, 6.07) is 4.16. The summed E-state index contributed by atoms with van der Waals surface area (Å²) in [7, 11) is 0. The Morgan fingerprint density at radius 1 is 1.47 bits per heavy atom. The number of nitrogens with zero attached hydrogens (tertiary/aromatic N) is 2. The highest BCUT2D eigenvalue weighted by atomic mass is 16.2. The minimum absolute atomic E-state index is 0.133. The van der Waals surface area contributed by atoms with Crippen LogP contribution in [-0.2, 0) is 0 Å². The zero-order chi connectivity index (χ0) is 12.4. The maximum Gasteiger partial charge on any atom is 0.255 e. The average molecular weight is 232 g/mol. The van der Waals surface area contributed by atoms with Crippen LogP contribution >= 0.6 is 0 Å². The Kier molecular flexibility index (Phi) is 3.46. The molecule has 92 valence electrons. The lowest BCUT2D eigenvalue weighted by molar-refractivity contribution is 0.0701. The predicted octanol–water partition coefficient (Wildman–Crippen LogP) is 2.65. The van der Waals surface area contributed by atoms with Gasteiger partial charge in [-0.1, -0.05) is 13.8 Å². The van der Waals surface area contributed by atoms with Crippen LogP contribution in [0.25, 0.3) is 0 Å². The molecule has 0 aromatic carbocycles. The van der Waals surface area contributed by atoms with E-state index in [1.165, 1.54) is 0 Å². The number of hydrogen-bond acceptors (Lipinski definition) is 2. The zero-order valence-corrected chi connectivity index (χ0v) is 10.8. The summed E-state index contributed by atoms with van der Waals surface area (Å²) in [5.41, 5.74) is 1.66. The lowest BCUT2D eigenvalue weighted by atomic mass is 10.0. The van der Waals surface area contributed by atoms with E-state index < -0.39 is 0 Å². The summed E-state index contributed by atoms with van der Waals surface area (Å²) in [6.07, 6.45) is 3.93. The highest BCUT2D eigenvalue weighted by Gasteiger charge is 2.31. The lowest BCUT2D eigenvalue weighted by Crippen LogP contribution is -2.38. The molecule has 1 aromatic heterocycles. The van der Waals surface area contributed by atoms with Gasteiger partial charge in [0.1, 0.15) is 0 Å². The van der Waals surface area contributed by atoms with Crippen molar-refractivity contribution in [2.75, 3.05) is 6.54 Å². The maximum atomic E-state index is 12.4. The number of aryl methyl sites for hydroxylation is 1. The van der Waals surface area contributed by atoms with E-state index in [4.69, 9.17) is 0 Å². The van der Waals surface area contributed by atoms with Crippen LogP contribution in [0, 0.1) is 12.8 Å². The fourth-order valence-electron chi connectivity index (χ4n) is 2.50. The van der Waals surface area contributed by atoms with Crippen molar-refractivity contribution in [1.29, 1.82) is 0 Å². The van der Waals surface area contributed by atoms with Gasteiger partial charge in [-0.2, -0.15) is 0 Å². The van der Waals surface area contributed by atoms with Gasteiger partial charge in [-0.3, -0.25) is 9.78 Å². The molecular weight excluding hydrogens is 212 g/mol. The van der Waals surface area contributed by atoms with Crippen LogP contribution in [0.4, 0.5) is 0 Å². The topological polar surface area (TPSA) is 33.2 Å². The van der Waals surface area contributed by atoms with Crippen molar-refractivity contribution in [3.05, 3.63) is 29.6 Å². The van der Waals surface area contributed by atoms with E-state index in [-0.39, 0.29) is 5.91 Å². The number of pyridine rings is 1. The SMILES string of the molecule is Cc1ccc(C(=O)N2CCCC2C(C)C)cn1. The molecule has 0 N–H and O–H groups in total. The van der Waals surface area contributed by atoms with Gasteiger partial charge in [0, 0.05) is 24.5 Å². The molecule has 1 aliphatic heterocycles. The Balaban J connectivity index is 2.17. The van der Waals surface area contributed by atoms with Gasteiger partial charge in [0.25, 0.3) is 5.91 Å². The van der Waals surface area contributed by atoms with Gasteiger partial charge in [0.15, 0.2) is 0 Å². The molecule has 1 aliphatic rings. The Morgan fingerprint density at radius 2 is 2.24 bits per heavy atom. The Labute approximate surface area is 103 Å². The first-order valence-electron chi connectivity index (χ1n) is 6.33. The van der Waals surface area contributed by atoms with E-state index in [9.17, 15) is 4.79 Å². The first-order chi connectivity index (χ1) is 8.09. The molecule has 1 saturated heterocycles. The molecular formula is C14H20N2O. The van der Waals surface area contributed by atoms with Crippen molar-refractivity contribution in [3.8, 4) is 0 Å². The smallest absolute Gasteiger partial charge is 0.255 e. The molecule has 0 aliphatic carbocycles. The normalized spacial score (nSPS) is 20.0. The molecule has 3 heteroatoms. The molecule has 2 heterocycles. The van der Waals surface area contributed by atoms with Gasteiger partial charge in [0.2, 0.25) is 0 Å². The zero-order valence-electron chi connectivity index (χ0n) is 10.8. The largest absolute Gasteiger partial charge is 0.335 e. The van der Waals surface area contributed by atoms with Gasteiger partial charge in [-0.25, -0.2) is 0 Å². The van der Waals surface area contributed by atoms with Crippen molar-refractivity contribution in [1.82, 2.24) is 9.88 Å². The predicted molar refractivity (Wildman–Crippen MR) is 67.9 cm³/mol. The maximum absolute atomic E-state index is 12.4. The first-order valence-corrected chi connectivity index (χ1v) is 6.33. The Morgan fingerprint density at radius 3 is 2.82 bits per heavy atom. The molecule has 3 nitrogen and oxygen atoms in total. The molecule has 1 atom stereocenters. The van der Waals surface area contributed by atoms with E-state index in [1.807, 2.05) is 24.0 Å². The van der Waals surface area contributed by atoms with Crippen LogP contribution in [0.2, 0.25) is 0 Å². The summed E-state index contributed by atoms with van der Waals surface area (Å²) >= 11 is 0. The van der Waals surface area contributed by atoms with E-state index in [0.29, 0.717) is 17.5 Å². The van der Waals surface area contributed by atoms with Crippen molar-refractivity contribution < 1.29 is 4.79 Å². The fraction of sp³-hybridized carbons (Fsp3) is 0.571. The second-order valence-corrected chi connectivity index (χ2v) is 5.14. The van der Waals surface area contributed by atoms with E-state index in [1.54, 1.807) is 6.20 Å². The van der Waals surface area contributed by atoms with Crippen molar-refractivity contribution >= 4 is 5.91 Å². The van der Waals surface area contributed by atoms with E-state index in [2.05, 4.69) is 18.8 Å². The fourth-order valence-corrected chi connectivity index (χ4v) is 2.50. The summed E-state index contributed by atoms with van der Waals surface area (Å²) < 4.78 is 0. The number of rotatable bonds is 2. The van der Waals surface area contributed by atoms with Crippen LogP contribution < -0.4 is 0 Å². The highest BCUT2D eigenvalue weighted by Crippen LogP contribution is 2.25. The second kappa shape index (κ2) is 4.86. The number of hydrogen-bond donors (Lipinski definition) is 0. The van der Waals surface area contributed by atoms with Crippen molar-refractivity contribution in [3.63, 3.8) is 0 Å². The number of amides is 1. The first kappa shape index (κ1) is 12.1. The van der Waals surface area contributed by atoms with Crippen LogP contribution in [0.15, 0.2) is 18.3 Å². The number of aromatic nitrogens is 1. The summed E-state index contributed by atoms with van der Waals surface area (Å²) in [6.45, 7) is 7.18. The molecule has 1 unspecified atom stereocenters. The van der Waals surface area contributed by atoms with Crippen LogP contribution in [0.5, 0.6) is 0 Å². The molecule has 0 radical (unpaired) electrons. The molecule has 1 fully saturated rings. The third kappa shape index (κ3) is 2.48. The summed E-state index contributed by atoms with van der Waals surface area (Å²) in [4.78, 5) is 18.6.